The second-order valence-corrected chi connectivity index (χ2v) is 6.09. The lowest BCUT2D eigenvalue weighted by atomic mass is 10.1. The van der Waals surface area contributed by atoms with Gasteiger partial charge in [0.2, 0.25) is 0 Å². The number of rotatable bonds is 6. The van der Waals surface area contributed by atoms with E-state index in [1.807, 2.05) is 46.0 Å². The van der Waals surface area contributed by atoms with Crippen LogP contribution in [0, 0.1) is 0 Å². The fourth-order valence-corrected chi connectivity index (χ4v) is 2.20. The molecule has 0 amide bonds. The van der Waals surface area contributed by atoms with Crippen molar-refractivity contribution >= 4 is 41.0 Å². The number of guanidine groups is 1. The third-order valence-corrected chi connectivity index (χ3v) is 3.84. The molecule has 2 aromatic rings. The van der Waals surface area contributed by atoms with Crippen LogP contribution in [0.15, 0.2) is 29.3 Å². The van der Waals surface area contributed by atoms with Gasteiger partial charge in [0.15, 0.2) is 5.96 Å². The van der Waals surface area contributed by atoms with Crippen LogP contribution in [0.5, 0.6) is 0 Å². The zero-order valence-electron chi connectivity index (χ0n) is 15.1. The monoisotopic (exact) mass is 445 g/mol. The highest BCUT2D eigenvalue weighted by atomic mass is 127. The molecule has 0 aliphatic heterocycles. The van der Waals surface area contributed by atoms with Crippen LogP contribution < -0.4 is 10.6 Å². The van der Waals surface area contributed by atoms with Crippen LogP contribution in [-0.4, -0.2) is 41.3 Å². The first-order valence-electron chi connectivity index (χ1n) is 7.94. The maximum Gasteiger partial charge on any atom is 0.191 e. The molecule has 0 fully saturated rings. The number of halogens is 1. The molecule has 0 radical (unpaired) electrons. The highest BCUT2D eigenvalue weighted by molar-refractivity contribution is 14.0. The Hall–Kier alpha value is -1.35. The van der Waals surface area contributed by atoms with Crippen LogP contribution in [0.4, 0.5) is 0 Å². The first-order chi connectivity index (χ1) is 11.0. The van der Waals surface area contributed by atoms with Crippen molar-refractivity contribution in [1.29, 1.82) is 0 Å². The summed E-state index contributed by atoms with van der Waals surface area (Å²) in [7, 11) is 3.74. The molecule has 7 heteroatoms. The molecular weight excluding hydrogens is 417 g/mol. The molecule has 0 unspecified atom stereocenters. The fraction of sp³-hybridized carbons (Fsp3) is 0.529. The summed E-state index contributed by atoms with van der Waals surface area (Å²) in [5, 5.41) is 6.56. The number of nitrogens with one attached hydrogen (secondary N) is 2. The number of fused-ring (bicyclic) bond motifs is 1. The average molecular weight is 445 g/mol. The van der Waals surface area contributed by atoms with E-state index in [2.05, 4.69) is 31.2 Å². The van der Waals surface area contributed by atoms with Gasteiger partial charge in [-0.15, -0.1) is 24.0 Å². The van der Waals surface area contributed by atoms with Crippen LogP contribution in [0.25, 0.3) is 11.0 Å². The van der Waals surface area contributed by atoms with E-state index in [4.69, 9.17) is 4.74 Å². The number of benzene rings is 1. The van der Waals surface area contributed by atoms with Crippen LogP contribution in [0.2, 0.25) is 0 Å². The van der Waals surface area contributed by atoms with E-state index in [1.165, 1.54) is 0 Å². The van der Waals surface area contributed by atoms with Gasteiger partial charge in [-0.05, 0) is 32.9 Å². The van der Waals surface area contributed by atoms with Gasteiger partial charge in [-0.25, -0.2) is 9.98 Å². The second-order valence-electron chi connectivity index (χ2n) is 6.09. The van der Waals surface area contributed by atoms with Gasteiger partial charge in [0.1, 0.15) is 12.4 Å². The number of para-hydroxylation sites is 2. The normalized spacial score (nSPS) is 12.1. The van der Waals surface area contributed by atoms with Crippen molar-refractivity contribution in [2.24, 2.45) is 12.0 Å². The average Bonchev–Trinajstić information content (AvgIpc) is 2.87. The molecule has 2 rings (SSSR count). The molecule has 0 spiro atoms. The fourth-order valence-electron chi connectivity index (χ4n) is 2.20. The van der Waals surface area contributed by atoms with E-state index in [9.17, 15) is 0 Å². The molecule has 6 nitrogen and oxygen atoms in total. The van der Waals surface area contributed by atoms with E-state index in [0.717, 1.165) is 29.4 Å². The van der Waals surface area contributed by atoms with Gasteiger partial charge in [-0.1, -0.05) is 12.1 Å². The van der Waals surface area contributed by atoms with Gasteiger partial charge >= 0.3 is 0 Å². The Labute approximate surface area is 161 Å². The van der Waals surface area contributed by atoms with E-state index < -0.39 is 0 Å². The Bertz CT molecular complexity index is 681. The van der Waals surface area contributed by atoms with Gasteiger partial charge in [0.05, 0.1) is 16.6 Å². The largest absolute Gasteiger partial charge is 0.377 e. The smallest absolute Gasteiger partial charge is 0.191 e. The molecule has 1 aromatic carbocycles. The summed E-state index contributed by atoms with van der Waals surface area (Å²) in [5.41, 5.74) is 1.88. The summed E-state index contributed by atoms with van der Waals surface area (Å²) >= 11 is 0. The third kappa shape index (κ3) is 5.34. The highest BCUT2D eigenvalue weighted by Crippen LogP contribution is 2.14. The minimum absolute atomic E-state index is 0. The Kier molecular flexibility index (Phi) is 7.95. The van der Waals surface area contributed by atoms with Gasteiger partial charge < -0.3 is 19.9 Å². The SMILES string of the molecule is CCNC(=NCc1nc2ccccc2n1C)NCC(C)(C)OC.I. The quantitative estimate of drug-likeness (QED) is 0.408. The Morgan fingerprint density at radius 1 is 1.29 bits per heavy atom. The lowest BCUT2D eigenvalue weighted by molar-refractivity contribution is 0.0268. The summed E-state index contributed by atoms with van der Waals surface area (Å²) in [4.78, 5) is 9.28. The van der Waals surface area contributed by atoms with Crippen LogP contribution in [0.1, 0.15) is 26.6 Å². The molecule has 1 heterocycles. The maximum absolute atomic E-state index is 5.43. The van der Waals surface area contributed by atoms with Gasteiger partial charge in [0, 0.05) is 27.2 Å². The van der Waals surface area contributed by atoms with E-state index in [0.29, 0.717) is 13.1 Å². The number of aliphatic imine (C=N–C) groups is 1. The number of nitrogens with zero attached hydrogens (tertiary/aromatic N) is 3. The summed E-state index contributed by atoms with van der Waals surface area (Å²) in [6.07, 6.45) is 0. The number of imidazole rings is 1. The predicted octanol–water partition coefficient (Wildman–Crippen LogP) is 2.67. The van der Waals surface area contributed by atoms with Gasteiger partial charge in [-0.3, -0.25) is 0 Å². The molecule has 0 aliphatic carbocycles. The van der Waals surface area contributed by atoms with E-state index in [1.54, 1.807) is 7.11 Å². The number of hydrogen-bond donors (Lipinski definition) is 2. The summed E-state index contributed by atoms with van der Waals surface area (Å²) in [6, 6.07) is 8.11. The Morgan fingerprint density at radius 3 is 2.62 bits per heavy atom. The summed E-state index contributed by atoms with van der Waals surface area (Å²) in [5.74, 6) is 1.71. The van der Waals surface area contributed by atoms with Crippen molar-refractivity contribution in [2.75, 3.05) is 20.2 Å². The number of methoxy groups -OCH3 is 1. The van der Waals surface area contributed by atoms with Crippen molar-refractivity contribution in [3.63, 3.8) is 0 Å². The number of aryl methyl sites for hydroxylation is 1. The maximum atomic E-state index is 5.43. The van der Waals surface area contributed by atoms with Crippen LogP contribution in [-0.2, 0) is 18.3 Å². The van der Waals surface area contributed by atoms with Crippen molar-refractivity contribution in [1.82, 2.24) is 20.2 Å². The van der Waals surface area contributed by atoms with Gasteiger partial charge in [0.25, 0.3) is 0 Å². The summed E-state index contributed by atoms with van der Waals surface area (Å²) < 4.78 is 7.51. The topological polar surface area (TPSA) is 63.5 Å². The number of hydrogen-bond acceptors (Lipinski definition) is 3. The first kappa shape index (κ1) is 20.7. The molecule has 1 aromatic heterocycles. The molecule has 0 saturated carbocycles. The molecular formula is C17H28IN5O. The molecule has 0 aliphatic rings. The van der Waals surface area contributed by atoms with Gasteiger partial charge in [-0.2, -0.15) is 0 Å². The molecule has 2 N–H and O–H groups in total. The van der Waals surface area contributed by atoms with Crippen LogP contribution >= 0.6 is 24.0 Å². The molecule has 0 atom stereocenters. The standard InChI is InChI=1S/C17H27N5O.HI/c1-6-18-16(20-12-17(2,3)23-5)19-11-15-21-13-9-7-8-10-14(13)22(15)4;/h7-10H,6,11-12H2,1-5H3,(H2,18,19,20);1H. The van der Waals surface area contributed by atoms with Crippen molar-refractivity contribution in [3.05, 3.63) is 30.1 Å². The van der Waals surface area contributed by atoms with Crippen LogP contribution in [0.3, 0.4) is 0 Å². The Morgan fingerprint density at radius 2 is 2.00 bits per heavy atom. The molecule has 24 heavy (non-hydrogen) atoms. The van der Waals surface area contributed by atoms with E-state index in [-0.39, 0.29) is 29.6 Å². The van der Waals surface area contributed by atoms with E-state index >= 15 is 0 Å². The first-order valence-corrected chi connectivity index (χ1v) is 7.94. The molecule has 0 bridgehead atoms. The zero-order valence-corrected chi connectivity index (χ0v) is 17.4. The molecule has 134 valence electrons. The minimum Gasteiger partial charge on any atom is -0.377 e. The van der Waals surface area contributed by atoms with Crippen molar-refractivity contribution in [3.8, 4) is 0 Å². The summed E-state index contributed by atoms with van der Waals surface area (Å²) in [6.45, 7) is 8.13. The number of ether oxygens (including phenoxy) is 1. The second kappa shape index (κ2) is 9.22. The predicted molar refractivity (Wildman–Crippen MR) is 110 cm³/mol. The minimum atomic E-state index is -0.242. The third-order valence-electron chi connectivity index (χ3n) is 3.84. The van der Waals surface area contributed by atoms with Crippen molar-refractivity contribution in [2.45, 2.75) is 32.9 Å². The van der Waals surface area contributed by atoms with Crippen molar-refractivity contribution < 1.29 is 4.74 Å². The lowest BCUT2D eigenvalue weighted by Gasteiger charge is -2.24. The zero-order chi connectivity index (χ0) is 16.9. The molecule has 0 saturated heterocycles. The highest BCUT2D eigenvalue weighted by Gasteiger charge is 2.16. The Balaban J connectivity index is 0.00000288. The lowest BCUT2D eigenvalue weighted by Crippen LogP contribution is -2.45. The number of aromatic nitrogens is 2.